The van der Waals surface area contributed by atoms with Crippen molar-refractivity contribution in [2.45, 2.75) is 24.6 Å². The van der Waals surface area contributed by atoms with Crippen molar-refractivity contribution in [3.05, 3.63) is 11.9 Å². The lowest BCUT2D eigenvalue weighted by molar-refractivity contribution is -0.271. The quantitative estimate of drug-likeness (QED) is 0.836. The molecule has 2 rings (SSSR count). The molecule has 0 aliphatic carbocycles. The number of alkyl halides is 3. The monoisotopic (exact) mass is 281 g/mol. The third-order valence-corrected chi connectivity index (χ3v) is 3.46. The van der Waals surface area contributed by atoms with E-state index in [0.717, 1.165) is 11.7 Å². The average Bonchev–Trinajstić information content (AvgIpc) is 2.81. The number of hydrogen-bond acceptors (Lipinski definition) is 5. The molecule has 18 heavy (non-hydrogen) atoms. The summed E-state index contributed by atoms with van der Waals surface area (Å²) in [4.78, 5) is 13.0. The lowest BCUT2D eigenvalue weighted by atomic mass is 9.90. The predicted molar refractivity (Wildman–Crippen MR) is 56.1 cm³/mol. The molecule has 1 aliphatic heterocycles. The maximum absolute atomic E-state index is 12.6. The SMILES string of the molecule is O=C(c1cnsn1)N1CCC(O)(C(F)(F)F)CC1. The molecule has 1 aliphatic rings. The molecule has 5 nitrogen and oxygen atoms in total. The lowest BCUT2D eigenvalue weighted by Gasteiger charge is -2.38. The fraction of sp³-hybridized carbons (Fsp3) is 0.667. The van der Waals surface area contributed by atoms with E-state index in [-0.39, 0.29) is 18.8 Å². The highest BCUT2D eigenvalue weighted by Gasteiger charge is 2.54. The molecule has 2 heterocycles. The Balaban J connectivity index is 2.01. The second-order valence-corrected chi connectivity index (χ2v) is 4.67. The number of aromatic nitrogens is 2. The van der Waals surface area contributed by atoms with Gasteiger partial charge in [-0.2, -0.15) is 21.9 Å². The molecule has 1 saturated heterocycles. The minimum absolute atomic E-state index is 0.123. The van der Waals surface area contributed by atoms with Crippen LogP contribution in [0.2, 0.25) is 0 Å². The number of carbonyl (C=O) groups excluding carboxylic acids is 1. The van der Waals surface area contributed by atoms with Gasteiger partial charge in [-0.15, -0.1) is 0 Å². The molecule has 1 amide bonds. The molecule has 0 radical (unpaired) electrons. The molecule has 100 valence electrons. The number of nitrogens with zero attached hydrogens (tertiary/aromatic N) is 3. The van der Waals surface area contributed by atoms with Gasteiger partial charge in [0.25, 0.3) is 5.91 Å². The van der Waals surface area contributed by atoms with Gasteiger partial charge in [-0.3, -0.25) is 4.79 Å². The van der Waals surface area contributed by atoms with Crippen molar-refractivity contribution in [2.24, 2.45) is 0 Å². The second-order valence-electron chi connectivity index (χ2n) is 4.11. The molecule has 1 aromatic rings. The van der Waals surface area contributed by atoms with Crippen LogP contribution in [0.25, 0.3) is 0 Å². The normalized spacial score (nSPS) is 19.9. The Morgan fingerprint density at radius 3 is 2.50 bits per heavy atom. The summed E-state index contributed by atoms with van der Waals surface area (Å²) in [6.07, 6.45) is -4.42. The van der Waals surface area contributed by atoms with Crippen molar-refractivity contribution < 1.29 is 23.1 Å². The predicted octanol–water partition coefficient (Wildman–Crippen LogP) is 1.07. The molecule has 0 unspecified atom stereocenters. The van der Waals surface area contributed by atoms with Gasteiger partial charge in [-0.25, -0.2) is 0 Å². The molecule has 1 aromatic heterocycles. The zero-order chi connectivity index (χ0) is 13.4. The average molecular weight is 281 g/mol. The van der Waals surface area contributed by atoms with Crippen LogP contribution in [-0.2, 0) is 0 Å². The Morgan fingerprint density at radius 2 is 2.06 bits per heavy atom. The van der Waals surface area contributed by atoms with Crippen LogP contribution in [0.15, 0.2) is 6.20 Å². The van der Waals surface area contributed by atoms with Crippen LogP contribution < -0.4 is 0 Å². The Hall–Kier alpha value is -1.22. The van der Waals surface area contributed by atoms with E-state index in [0.29, 0.717) is 0 Å². The van der Waals surface area contributed by atoms with Gasteiger partial charge in [-0.05, 0) is 0 Å². The Kier molecular flexibility index (Phi) is 3.28. The number of piperidine rings is 1. The first-order valence-electron chi connectivity index (χ1n) is 5.19. The molecule has 9 heteroatoms. The largest absolute Gasteiger partial charge is 0.417 e. The van der Waals surface area contributed by atoms with Crippen LogP contribution in [0.4, 0.5) is 13.2 Å². The van der Waals surface area contributed by atoms with Crippen molar-refractivity contribution in [3.63, 3.8) is 0 Å². The smallest absolute Gasteiger partial charge is 0.380 e. The van der Waals surface area contributed by atoms with Crippen LogP contribution in [0.3, 0.4) is 0 Å². The van der Waals surface area contributed by atoms with Crippen molar-refractivity contribution in [2.75, 3.05) is 13.1 Å². The number of rotatable bonds is 1. The second kappa shape index (κ2) is 4.47. The van der Waals surface area contributed by atoms with Gasteiger partial charge in [-0.1, -0.05) is 0 Å². The van der Waals surface area contributed by atoms with Gasteiger partial charge in [0, 0.05) is 25.9 Å². The molecule has 0 saturated carbocycles. The fourth-order valence-electron chi connectivity index (χ4n) is 1.78. The van der Waals surface area contributed by atoms with E-state index in [1.54, 1.807) is 0 Å². The third-order valence-electron chi connectivity index (χ3n) is 2.99. The summed E-state index contributed by atoms with van der Waals surface area (Å²) in [5, 5.41) is 9.45. The molecule has 0 spiro atoms. The fourth-order valence-corrected chi connectivity index (χ4v) is 2.19. The topological polar surface area (TPSA) is 66.3 Å². The van der Waals surface area contributed by atoms with Crippen LogP contribution in [0, 0.1) is 0 Å². The lowest BCUT2D eigenvalue weighted by Crippen LogP contribution is -2.54. The number of carbonyl (C=O) groups is 1. The molecule has 0 atom stereocenters. The van der Waals surface area contributed by atoms with Crippen LogP contribution in [0.5, 0.6) is 0 Å². The Bertz CT molecular complexity index is 427. The van der Waals surface area contributed by atoms with Gasteiger partial charge < -0.3 is 10.0 Å². The zero-order valence-electron chi connectivity index (χ0n) is 9.15. The highest BCUT2D eigenvalue weighted by atomic mass is 32.1. The van der Waals surface area contributed by atoms with Crippen molar-refractivity contribution in [1.82, 2.24) is 13.6 Å². The van der Waals surface area contributed by atoms with Crippen LogP contribution in [0.1, 0.15) is 23.3 Å². The highest BCUT2D eigenvalue weighted by Crippen LogP contribution is 2.38. The summed E-state index contributed by atoms with van der Waals surface area (Å²) < 4.78 is 45.0. The van der Waals surface area contributed by atoms with Gasteiger partial charge in [0.1, 0.15) is 0 Å². The molecule has 0 bridgehead atoms. The zero-order valence-corrected chi connectivity index (χ0v) is 9.96. The van der Waals surface area contributed by atoms with E-state index in [2.05, 4.69) is 8.75 Å². The van der Waals surface area contributed by atoms with E-state index in [1.807, 2.05) is 0 Å². The standard InChI is InChI=1S/C9H10F3N3O2S/c10-9(11,12)8(17)1-3-15(4-2-8)7(16)6-5-13-18-14-6/h5,17H,1-4H2. The number of likely N-dealkylation sites (tertiary alicyclic amines) is 1. The first-order chi connectivity index (χ1) is 8.33. The number of halogens is 3. The highest BCUT2D eigenvalue weighted by molar-refractivity contribution is 6.99. The summed E-state index contributed by atoms with van der Waals surface area (Å²) >= 11 is 0.859. The number of hydrogen-bond donors (Lipinski definition) is 1. The van der Waals surface area contributed by atoms with Crippen molar-refractivity contribution in [1.29, 1.82) is 0 Å². The Morgan fingerprint density at radius 1 is 1.44 bits per heavy atom. The van der Waals surface area contributed by atoms with E-state index >= 15 is 0 Å². The van der Waals surface area contributed by atoms with Gasteiger partial charge in [0.05, 0.1) is 17.9 Å². The van der Waals surface area contributed by atoms with E-state index in [4.69, 9.17) is 0 Å². The summed E-state index contributed by atoms with van der Waals surface area (Å²) in [7, 11) is 0. The summed E-state index contributed by atoms with van der Waals surface area (Å²) in [6.45, 7) is -0.293. The minimum Gasteiger partial charge on any atom is -0.380 e. The minimum atomic E-state index is -4.66. The molecular weight excluding hydrogens is 271 g/mol. The molecular formula is C9H10F3N3O2S. The summed E-state index contributed by atoms with van der Waals surface area (Å²) in [5.74, 6) is -0.451. The molecule has 1 N–H and O–H groups in total. The van der Waals surface area contributed by atoms with Gasteiger partial charge in [0.15, 0.2) is 11.3 Å². The van der Waals surface area contributed by atoms with E-state index in [1.165, 1.54) is 11.1 Å². The van der Waals surface area contributed by atoms with Crippen molar-refractivity contribution >= 4 is 17.6 Å². The summed E-state index contributed by atoms with van der Waals surface area (Å²) in [6, 6.07) is 0. The maximum Gasteiger partial charge on any atom is 0.417 e. The number of amides is 1. The van der Waals surface area contributed by atoms with Crippen LogP contribution >= 0.6 is 11.7 Å². The van der Waals surface area contributed by atoms with E-state index < -0.39 is 30.5 Å². The third kappa shape index (κ3) is 2.32. The van der Waals surface area contributed by atoms with Gasteiger partial charge >= 0.3 is 6.18 Å². The van der Waals surface area contributed by atoms with Gasteiger partial charge in [0.2, 0.25) is 0 Å². The first kappa shape index (κ1) is 13.2. The molecule has 0 aromatic carbocycles. The Labute approximate surface area is 105 Å². The van der Waals surface area contributed by atoms with Crippen LogP contribution in [-0.4, -0.2) is 49.5 Å². The molecule has 1 fully saturated rings. The van der Waals surface area contributed by atoms with Crippen molar-refractivity contribution in [3.8, 4) is 0 Å². The summed E-state index contributed by atoms with van der Waals surface area (Å²) in [5.41, 5.74) is -2.57. The van der Waals surface area contributed by atoms with E-state index in [9.17, 15) is 23.1 Å². The maximum atomic E-state index is 12.6. The number of aliphatic hydroxyl groups is 1. The first-order valence-corrected chi connectivity index (χ1v) is 5.92.